The van der Waals surface area contributed by atoms with E-state index in [1.165, 1.54) is 0 Å². The van der Waals surface area contributed by atoms with Crippen molar-refractivity contribution in [3.63, 3.8) is 0 Å². The van der Waals surface area contributed by atoms with Crippen LogP contribution >= 0.6 is 0 Å². The maximum absolute atomic E-state index is 5.50. The highest BCUT2D eigenvalue weighted by atomic mass is 16.5. The molecule has 25 heavy (non-hydrogen) atoms. The number of hydrogen-bond acceptors (Lipinski definition) is 5. The Kier molecular flexibility index (Phi) is 6.57. The van der Waals surface area contributed by atoms with Gasteiger partial charge in [0.25, 0.3) is 0 Å². The Morgan fingerprint density at radius 2 is 1.48 bits per heavy atom. The first-order valence-corrected chi connectivity index (χ1v) is 8.00. The predicted octanol–water partition coefficient (Wildman–Crippen LogP) is 4.37. The van der Waals surface area contributed by atoms with Crippen LogP contribution in [0.2, 0.25) is 0 Å². The molecule has 0 aliphatic rings. The fraction of sp³-hybridized carbons (Fsp3) is 0.300. The van der Waals surface area contributed by atoms with Crippen molar-refractivity contribution in [1.29, 1.82) is 0 Å². The molecule has 134 valence electrons. The lowest BCUT2D eigenvalue weighted by Gasteiger charge is -2.16. The lowest BCUT2D eigenvalue weighted by molar-refractivity contribution is 0.324. The monoisotopic (exact) mass is 343 g/mol. The summed E-state index contributed by atoms with van der Waals surface area (Å²) >= 11 is 0. The summed E-state index contributed by atoms with van der Waals surface area (Å²) in [6.07, 6.45) is 4.04. The van der Waals surface area contributed by atoms with E-state index in [4.69, 9.17) is 18.9 Å². The fourth-order valence-electron chi connectivity index (χ4n) is 2.58. The summed E-state index contributed by atoms with van der Waals surface area (Å²) in [5.74, 6) is 2.64. The largest absolute Gasteiger partial charge is 0.496 e. The van der Waals surface area contributed by atoms with Crippen molar-refractivity contribution in [2.75, 3.05) is 33.8 Å². The number of benzene rings is 2. The molecule has 5 heteroatoms. The number of methoxy groups -OCH3 is 4. The Labute approximate surface area is 149 Å². The zero-order valence-corrected chi connectivity index (χ0v) is 15.4. The molecular weight excluding hydrogens is 318 g/mol. The molecule has 0 atom stereocenters. The predicted molar refractivity (Wildman–Crippen MR) is 101 cm³/mol. The van der Waals surface area contributed by atoms with Gasteiger partial charge < -0.3 is 24.3 Å². The molecule has 0 aromatic heterocycles. The van der Waals surface area contributed by atoms with Crippen molar-refractivity contribution in [1.82, 2.24) is 0 Å². The van der Waals surface area contributed by atoms with Crippen LogP contribution in [-0.4, -0.2) is 28.4 Å². The van der Waals surface area contributed by atoms with Crippen molar-refractivity contribution in [3.8, 4) is 23.0 Å². The third-order valence-electron chi connectivity index (χ3n) is 3.82. The highest BCUT2D eigenvalue weighted by Gasteiger charge is 2.13. The van der Waals surface area contributed by atoms with E-state index in [0.717, 1.165) is 22.6 Å². The van der Waals surface area contributed by atoms with Gasteiger partial charge in [-0.25, -0.2) is 0 Å². The van der Waals surface area contributed by atoms with Crippen LogP contribution < -0.4 is 24.3 Å². The van der Waals surface area contributed by atoms with Crippen LogP contribution in [-0.2, 0) is 6.54 Å². The first-order valence-electron chi connectivity index (χ1n) is 8.00. The van der Waals surface area contributed by atoms with Gasteiger partial charge >= 0.3 is 0 Å². The van der Waals surface area contributed by atoms with E-state index in [2.05, 4.69) is 17.4 Å². The summed E-state index contributed by atoms with van der Waals surface area (Å²) in [6.45, 7) is 2.60. The quantitative estimate of drug-likeness (QED) is 0.771. The van der Waals surface area contributed by atoms with Crippen LogP contribution in [0.4, 0.5) is 5.69 Å². The van der Waals surface area contributed by atoms with E-state index < -0.39 is 0 Å². The Balaban J connectivity index is 2.24. The van der Waals surface area contributed by atoms with Crippen molar-refractivity contribution in [2.24, 2.45) is 0 Å². The van der Waals surface area contributed by atoms with Gasteiger partial charge in [-0.3, -0.25) is 0 Å². The number of nitrogens with one attached hydrogen (secondary N) is 1. The molecule has 5 nitrogen and oxygen atoms in total. The lowest BCUT2D eigenvalue weighted by Crippen LogP contribution is -2.03. The van der Waals surface area contributed by atoms with Crippen LogP contribution in [0.25, 0.3) is 6.08 Å². The van der Waals surface area contributed by atoms with Crippen molar-refractivity contribution in [3.05, 3.63) is 47.5 Å². The smallest absolute Gasteiger partial charge is 0.203 e. The molecule has 1 N–H and O–H groups in total. The molecule has 2 aromatic rings. The third kappa shape index (κ3) is 4.38. The molecule has 2 aromatic carbocycles. The zero-order chi connectivity index (χ0) is 18.2. The van der Waals surface area contributed by atoms with Crippen LogP contribution in [0.5, 0.6) is 23.0 Å². The van der Waals surface area contributed by atoms with E-state index in [0.29, 0.717) is 23.8 Å². The number of rotatable bonds is 8. The average Bonchev–Trinajstić information content (AvgIpc) is 2.65. The van der Waals surface area contributed by atoms with Gasteiger partial charge in [-0.05, 0) is 18.6 Å². The molecule has 0 heterocycles. The molecule has 0 aliphatic heterocycles. The van der Waals surface area contributed by atoms with E-state index in [9.17, 15) is 0 Å². The first kappa shape index (κ1) is 18.5. The fourth-order valence-corrected chi connectivity index (χ4v) is 2.58. The number of allylic oxidation sites excluding steroid dienone is 1. The molecule has 0 spiro atoms. The van der Waals surface area contributed by atoms with Crippen molar-refractivity contribution >= 4 is 11.8 Å². The molecule has 2 rings (SSSR count). The van der Waals surface area contributed by atoms with Crippen LogP contribution in [0.3, 0.4) is 0 Å². The highest BCUT2D eigenvalue weighted by molar-refractivity contribution is 5.63. The van der Waals surface area contributed by atoms with Gasteiger partial charge in [0.1, 0.15) is 5.75 Å². The topological polar surface area (TPSA) is 49.0 Å². The van der Waals surface area contributed by atoms with E-state index in [-0.39, 0.29) is 0 Å². The first-order chi connectivity index (χ1) is 12.2. The van der Waals surface area contributed by atoms with E-state index >= 15 is 0 Å². The molecule has 0 amide bonds. The van der Waals surface area contributed by atoms with Crippen molar-refractivity contribution < 1.29 is 18.9 Å². The summed E-state index contributed by atoms with van der Waals surface area (Å²) in [6, 6.07) is 9.89. The van der Waals surface area contributed by atoms with Gasteiger partial charge in [0, 0.05) is 29.9 Å². The minimum atomic E-state index is 0.573. The third-order valence-corrected chi connectivity index (χ3v) is 3.82. The summed E-state index contributed by atoms with van der Waals surface area (Å²) in [5, 5.41) is 3.37. The maximum Gasteiger partial charge on any atom is 0.203 e. The molecular formula is C20H25NO4. The molecule has 0 unspecified atom stereocenters. The Morgan fingerprint density at radius 1 is 0.840 bits per heavy atom. The molecule has 0 saturated carbocycles. The summed E-state index contributed by atoms with van der Waals surface area (Å²) in [5.41, 5.74) is 3.04. The molecule has 0 saturated heterocycles. The van der Waals surface area contributed by atoms with Gasteiger partial charge in [0.05, 0.1) is 28.4 Å². The average molecular weight is 343 g/mol. The Hall–Kier alpha value is -2.82. The van der Waals surface area contributed by atoms with Crippen LogP contribution in [0.15, 0.2) is 36.4 Å². The van der Waals surface area contributed by atoms with Gasteiger partial charge in [0.2, 0.25) is 5.75 Å². The Morgan fingerprint density at radius 3 is 2.00 bits per heavy atom. The minimum absolute atomic E-state index is 0.573. The van der Waals surface area contributed by atoms with Crippen LogP contribution in [0.1, 0.15) is 18.1 Å². The van der Waals surface area contributed by atoms with E-state index in [1.54, 1.807) is 28.4 Å². The molecule has 0 radical (unpaired) electrons. The lowest BCUT2D eigenvalue weighted by atomic mass is 10.1. The van der Waals surface area contributed by atoms with Gasteiger partial charge in [-0.1, -0.05) is 24.3 Å². The zero-order valence-electron chi connectivity index (χ0n) is 15.4. The van der Waals surface area contributed by atoms with Gasteiger partial charge in [-0.15, -0.1) is 0 Å². The number of ether oxygens (including phenoxy) is 4. The molecule has 0 fully saturated rings. The minimum Gasteiger partial charge on any atom is -0.496 e. The second-order valence-electron chi connectivity index (χ2n) is 5.34. The van der Waals surface area contributed by atoms with Gasteiger partial charge in [-0.2, -0.15) is 0 Å². The number of anilines is 1. The summed E-state index contributed by atoms with van der Waals surface area (Å²) in [7, 11) is 6.47. The SMILES string of the molecule is C/C=C/c1ccc(CNc2cc(OC)c(OC)c(OC)c2)c(OC)c1. The normalized spacial score (nSPS) is 10.6. The maximum atomic E-state index is 5.50. The number of hydrogen-bond donors (Lipinski definition) is 1. The van der Waals surface area contributed by atoms with Gasteiger partial charge in [0.15, 0.2) is 11.5 Å². The second kappa shape index (κ2) is 8.87. The molecule has 0 bridgehead atoms. The highest BCUT2D eigenvalue weighted by Crippen LogP contribution is 2.40. The summed E-state index contributed by atoms with van der Waals surface area (Å²) < 4.78 is 21.6. The van der Waals surface area contributed by atoms with Crippen molar-refractivity contribution in [2.45, 2.75) is 13.5 Å². The Bertz CT molecular complexity index is 715. The van der Waals surface area contributed by atoms with E-state index in [1.807, 2.05) is 37.3 Å². The standard InChI is InChI=1S/C20H25NO4/c1-6-7-14-8-9-15(17(10-14)22-2)13-21-16-11-18(23-3)20(25-5)19(12-16)24-4/h6-12,21H,13H2,1-5H3/b7-6+. The summed E-state index contributed by atoms with van der Waals surface area (Å²) in [4.78, 5) is 0. The molecule has 0 aliphatic carbocycles. The second-order valence-corrected chi connectivity index (χ2v) is 5.34. The van der Waals surface area contributed by atoms with Crippen LogP contribution in [0, 0.1) is 0 Å².